The van der Waals surface area contributed by atoms with Gasteiger partial charge in [0.05, 0.1) is 0 Å². The molecule has 18 heavy (non-hydrogen) atoms. The number of likely N-dealkylation sites (N-methyl/N-ethyl adjacent to an activating group) is 1. The van der Waals surface area contributed by atoms with Crippen molar-refractivity contribution in [1.29, 1.82) is 0 Å². The van der Waals surface area contributed by atoms with Crippen LogP contribution in [0.1, 0.15) is 48.0 Å². The summed E-state index contributed by atoms with van der Waals surface area (Å²) in [6.45, 7) is 0. The Morgan fingerprint density at radius 2 is 1.83 bits per heavy atom. The van der Waals surface area contributed by atoms with Crippen LogP contribution in [0.4, 0.5) is 0 Å². The van der Waals surface area contributed by atoms with Crippen LogP contribution in [0.2, 0.25) is 0 Å². The summed E-state index contributed by atoms with van der Waals surface area (Å²) in [6.07, 6.45) is 7.69. The van der Waals surface area contributed by atoms with Crippen molar-refractivity contribution in [2.75, 3.05) is 7.05 Å². The molecular formula is C16H21NO. The first kappa shape index (κ1) is 11.8. The van der Waals surface area contributed by atoms with E-state index in [0.29, 0.717) is 12.0 Å². The lowest BCUT2D eigenvalue weighted by molar-refractivity contribution is 0.0607. The van der Waals surface area contributed by atoms with Gasteiger partial charge >= 0.3 is 0 Å². The number of fused-ring (bicyclic) bond motifs is 1. The average molecular weight is 243 g/mol. The Morgan fingerprint density at radius 1 is 1.11 bits per heavy atom. The molecule has 0 saturated heterocycles. The zero-order chi connectivity index (χ0) is 12.5. The number of nitrogens with zero attached hydrogens (tertiary/aromatic N) is 1. The van der Waals surface area contributed by atoms with Crippen molar-refractivity contribution in [3.63, 3.8) is 0 Å². The molecule has 1 atom stereocenters. The molecule has 1 heterocycles. The quantitative estimate of drug-likeness (QED) is 0.741. The number of carbonyl (C=O) groups excluding carboxylic acids is 1. The van der Waals surface area contributed by atoms with E-state index in [1.54, 1.807) is 0 Å². The molecule has 0 radical (unpaired) electrons. The number of carbonyl (C=O) groups is 1. The van der Waals surface area contributed by atoms with E-state index in [4.69, 9.17) is 0 Å². The zero-order valence-electron chi connectivity index (χ0n) is 11.1. The summed E-state index contributed by atoms with van der Waals surface area (Å²) in [5, 5.41) is 0. The van der Waals surface area contributed by atoms with E-state index in [1.165, 1.54) is 37.7 Å². The smallest absolute Gasteiger partial charge is 0.254 e. The third kappa shape index (κ3) is 1.94. The van der Waals surface area contributed by atoms with Crippen molar-refractivity contribution < 1.29 is 4.79 Å². The maximum atomic E-state index is 12.4. The molecule has 0 aromatic heterocycles. The van der Waals surface area contributed by atoms with Crippen molar-refractivity contribution in [3.8, 4) is 0 Å². The molecule has 1 aromatic rings. The van der Waals surface area contributed by atoms with Crippen molar-refractivity contribution >= 4 is 5.91 Å². The minimum Gasteiger partial charge on any atom is -0.338 e. The second-order valence-electron chi connectivity index (χ2n) is 5.74. The first-order valence-electron chi connectivity index (χ1n) is 7.12. The van der Waals surface area contributed by atoms with Gasteiger partial charge in [0.15, 0.2) is 0 Å². The topological polar surface area (TPSA) is 20.3 Å². The van der Waals surface area contributed by atoms with E-state index in [1.807, 2.05) is 24.1 Å². The van der Waals surface area contributed by atoms with Gasteiger partial charge in [-0.05, 0) is 36.8 Å². The Labute approximate surface area is 109 Å². The van der Waals surface area contributed by atoms with Gasteiger partial charge in [0.2, 0.25) is 0 Å². The van der Waals surface area contributed by atoms with Gasteiger partial charge in [0.1, 0.15) is 0 Å². The molecule has 1 aliphatic heterocycles. The van der Waals surface area contributed by atoms with Gasteiger partial charge in [0, 0.05) is 18.7 Å². The highest BCUT2D eigenvalue weighted by molar-refractivity contribution is 5.96. The second-order valence-corrected chi connectivity index (χ2v) is 5.74. The normalized spacial score (nSPS) is 25.1. The molecule has 1 aliphatic carbocycles. The molecule has 2 nitrogen and oxygen atoms in total. The zero-order valence-corrected chi connectivity index (χ0v) is 11.1. The monoisotopic (exact) mass is 243 g/mol. The van der Waals surface area contributed by atoms with Crippen molar-refractivity contribution in [1.82, 2.24) is 4.90 Å². The van der Waals surface area contributed by atoms with E-state index < -0.39 is 0 Å². The first-order valence-corrected chi connectivity index (χ1v) is 7.12. The Balaban J connectivity index is 1.88. The maximum Gasteiger partial charge on any atom is 0.254 e. The molecule has 0 bridgehead atoms. The average Bonchev–Trinajstić information content (AvgIpc) is 2.44. The number of hydrogen-bond donors (Lipinski definition) is 0. The predicted octanol–water partition coefficient (Wildman–Crippen LogP) is 3.26. The minimum atomic E-state index is 0.215. The summed E-state index contributed by atoms with van der Waals surface area (Å²) in [7, 11) is 1.98. The molecule has 0 N–H and O–H groups in total. The Kier molecular flexibility index (Phi) is 3.11. The lowest BCUT2D eigenvalue weighted by Crippen LogP contribution is -2.47. The van der Waals surface area contributed by atoms with E-state index in [9.17, 15) is 4.79 Å². The third-order valence-electron chi connectivity index (χ3n) is 4.69. The Bertz CT molecular complexity index is 448. The molecule has 1 fully saturated rings. The first-order chi connectivity index (χ1) is 8.77. The third-order valence-corrected chi connectivity index (χ3v) is 4.69. The molecule has 1 amide bonds. The van der Waals surface area contributed by atoms with E-state index in [0.717, 1.165) is 12.0 Å². The van der Waals surface area contributed by atoms with Gasteiger partial charge in [0.25, 0.3) is 5.91 Å². The molecule has 1 aromatic carbocycles. The predicted molar refractivity (Wildman–Crippen MR) is 72.6 cm³/mol. The number of benzene rings is 1. The number of hydrogen-bond acceptors (Lipinski definition) is 1. The molecular weight excluding hydrogens is 222 g/mol. The van der Waals surface area contributed by atoms with Gasteiger partial charge in [-0.15, -0.1) is 0 Å². The molecule has 2 aliphatic rings. The molecule has 0 spiro atoms. The SMILES string of the molecule is CN1C(=O)c2ccccc2CC1C1CCCCC1. The highest BCUT2D eigenvalue weighted by Crippen LogP contribution is 2.34. The summed E-state index contributed by atoms with van der Waals surface area (Å²) in [4.78, 5) is 14.4. The second kappa shape index (κ2) is 4.75. The summed E-state index contributed by atoms with van der Waals surface area (Å²) in [6, 6.07) is 8.52. The van der Waals surface area contributed by atoms with Crippen molar-refractivity contribution in [2.24, 2.45) is 5.92 Å². The van der Waals surface area contributed by atoms with E-state index in [-0.39, 0.29) is 5.91 Å². The van der Waals surface area contributed by atoms with Crippen LogP contribution in [0.5, 0.6) is 0 Å². The molecule has 2 heteroatoms. The van der Waals surface area contributed by atoms with E-state index >= 15 is 0 Å². The minimum absolute atomic E-state index is 0.215. The number of amides is 1. The standard InChI is InChI=1S/C16H21NO/c1-17-15(12-7-3-2-4-8-12)11-13-9-5-6-10-14(13)16(17)18/h5-6,9-10,12,15H,2-4,7-8,11H2,1H3. The largest absolute Gasteiger partial charge is 0.338 e. The van der Waals surface area contributed by atoms with E-state index in [2.05, 4.69) is 12.1 Å². The van der Waals surface area contributed by atoms with Crippen LogP contribution < -0.4 is 0 Å². The fourth-order valence-corrected chi connectivity index (χ4v) is 3.61. The van der Waals surface area contributed by atoms with Crippen LogP contribution in [0, 0.1) is 5.92 Å². The summed E-state index contributed by atoms with van der Waals surface area (Å²) in [5.41, 5.74) is 2.16. The summed E-state index contributed by atoms with van der Waals surface area (Å²) < 4.78 is 0. The number of rotatable bonds is 1. The lowest BCUT2D eigenvalue weighted by atomic mass is 9.78. The molecule has 3 rings (SSSR count). The summed E-state index contributed by atoms with van der Waals surface area (Å²) >= 11 is 0. The molecule has 96 valence electrons. The fraction of sp³-hybridized carbons (Fsp3) is 0.562. The van der Waals surface area contributed by atoms with Crippen molar-refractivity contribution in [3.05, 3.63) is 35.4 Å². The van der Waals surface area contributed by atoms with Gasteiger partial charge < -0.3 is 4.90 Å². The maximum absolute atomic E-state index is 12.4. The van der Waals surface area contributed by atoms with Crippen LogP contribution in [0.15, 0.2) is 24.3 Å². The molecule has 1 unspecified atom stereocenters. The highest BCUT2D eigenvalue weighted by atomic mass is 16.2. The fourth-order valence-electron chi connectivity index (χ4n) is 3.61. The Hall–Kier alpha value is -1.31. The summed E-state index contributed by atoms with van der Waals surface area (Å²) in [5.74, 6) is 0.925. The lowest BCUT2D eigenvalue weighted by Gasteiger charge is -2.40. The van der Waals surface area contributed by atoms with Gasteiger partial charge in [-0.25, -0.2) is 0 Å². The van der Waals surface area contributed by atoms with Crippen LogP contribution in [0.3, 0.4) is 0 Å². The van der Waals surface area contributed by atoms with Crippen LogP contribution in [-0.4, -0.2) is 23.9 Å². The van der Waals surface area contributed by atoms with Crippen LogP contribution >= 0.6 is 0 Å². The van der Waals surface area contributed by atoms with Crippen LogP contribution in [0.25, 0.3) is 0 Å². The molecule has 1 saturated carbocycles. The van der Waals surface area contributed by atoms with Gasteiger partial charge in [-0.3, -0.25) is 4.79 Å². The highest BCUT2D eigenvalue weighted by Gasteiger charge is 2.34. The van der Waals surface area contributed by atoms with Gasteiger partial charge in [-0.1, -0.05) is 37.5 Å². The Morgan fingerprint density at radius 3 is 2.61 bits per heavy atom. The van der Waals surface area contributed by atoms with Crippen molar-refractivity contribution in [2.45, 2.75) is 44.6 Å². The van der Waals surface area contributed by atoms with Crippen LogP contribution in [-0.2, 0) is 6.42 Å². The van der Waals surface area contributed by atoms with Gasteiger partial charge in [-0.2, -0.15) is 0 Å².